The monoisotopic (exact) mass is 195 g/mol. The summed E-state index contributed by atoms with van der Waals surface area (Å²) >= 11 is 0. The molecule has 0 aliphatic rings. The number of carbonyl (C=O) groups is 1. The lowest BCUT2D eigenvalue weighted by Crippen LogP contribution is -2.32. The summed E-state index contributed by atoms with van der Waals surface area (Å²) in [5.41, 5.74) is 5.09. The van der Waals surface area contributed by atoms with Crippen LogP contribution in [0, 0.1) is 0 Å². The van der Waals surface area contributed by atoms with Crippen LogP contribution in [0.25, 0.3) is 0 Å². The van der Waals surface area contributed by atoms with Gasteiger partial charge in [0.2, 0.25) is 5.91 Å². The topological polar surface area (TPSA) is 92.9 Å². The third-order valence-electron chi connectivity index (χ3n) is 1.68. The van der Waals surface area contributed by atoms with Crippen molar-refractivity contribution in [2.24, 2.45) is 5.73 Å². The van der Waals surface area contributed by atoms with Crippen molar-refractivity contribution in [1.82, 2.24) is 9.97 Å². The first kappa shape index (κ1) is 10.2. The number of amides is 1. The summed E-state index contributed by atoms with van der Waals surface area (Å²) < 4.78 is 0. The van der Waals surface area contributed by atoms with Gasteiger partial charge in [0.05, 0.1) is 12.4 Å². The molecule has 1 atom stereocenters. The highest BCUT2D eigenvalue weighted by atomic mass is 16.1. The first-order valence-electron chi connectivity index (χ1n) is 4.19. The summed E-state index contributed by atoms with van der Waals surface area (Å²) in [5.74, 6) is 0.719. The molecule has 0 aliphatic heterocycles. The molecule has 1 aromatic rings. The van der Waals surface area contributed by atoms with Crippen LogP contribution in [-0.4, -0.2) is 29.0 Å². The zero-order valence-electron chi connectivity index (χ0n) is 8.11. The van der Waals surface area contributed by atoms with Crippen LogP contribution in [0.1, 0.15) is 6.92 Å². The van der Waals surface area contributed by atoms with E-state index in [1.54, 1.807) is 20.2 Å². The van der Waals surface area contributed by atoms with Gasteiger partial charge < -0.3 is 16.4 Å². The molecule has 1 aromatic heterocycles. The van der Waals surface area contributed by atoms with E-state index in [9.17, 15) is 4.79 Å². The second kappa shape index (κ2) is 4.40. The minimum absolute atomic E-state index is 0.429. The van der Waals surface area contributed by atoms with Gasteiger partial charge in [-0.1, -0.05) is 0 Å². The number of carbonyl (C=O) groups excluding carboxylic acids is 1. The van der Waals surface area contributed by atoms with Crippen molar-refractivity contribution in [2.75, 3.05) is 17.7 Å². The van der Waals surface area contributed by atoms with Gasteiger partial charge in [0.15, 0.2) is 0 Å². The molecule has 1 heterocycles. The Morgan fingerprint density at radius 2 is 2.14 bits per heavy atom. The zero-order valence-corrected chi connectivity index (χ0v) is 8.11. The molecule has 0 saturated heterocycles. The number of nitrogens with one attached hydrogen (secondary N) is 2. The highest BCUT2D eigenvalue weighted by molar-refractivity contribution is 5.82. The molecule has 0 spiro atoms. The van der Waals surface area contributed by atoms with Crippen molar-refractivity contribution < 1.29 is 4.79 Å². The Morgan fingerprint density at radius 3 is 2.71 bits per heavy atom. The third-order valence-corrected chi connectivity index (χ3v) is 1.68. The molecule has 6 heteroatoms. The molecular formula is C8H13N5O. The molecular weight excluding hydrogens is 182 g/mol. The Kier molecular flexibility index (Phi) is 3.22. The van der Waals surface area contributed by atoms with Crippen LogP contribution in [0.15, 0.2) is 12.4 Å². The van der Waals surface area contributed by atoms with Gasteiger partial charge >= 0.3 is 0 Å². The summed E-state index contributed by atoms with van der Waals surface area (Å²) in [6.45, 7) is 1.66. The van der Waals surface area contributed by atoms with Crippen LogP contribution in [0.3, 0.4) is 0 Å². The highest BCUT2D eigenvalue weighted by Gasteiger charge is 2.08. The van der Waals surface area contributed by atoms with E-state index in [2.05, 4.69) is 20.6 Å². The summed E-state index contributed by atoms with van der Waals surface area (Å²) in [5, 5.41) is 5.67. The summed E-state index contributed by atoms with van der Waals surface area (Å²) in [6, 6.07) is -0.462. The molecule has 6 nitrogen and oxygen atoms in total. The summed E-state index contributed by atoms with van der Waals surface area (Å²) in [6.07, 6.45) is 3.11. The van der Waals surface area contributed by atoms with Gasteiger partial charge in [0.1, 0.15) is 17.7 Å². The minimum atomic E-state index is -0.462. The number of nitrogens with two attached hydrogens (primary N) is 1. The number of anilines is 2. The summed E-state index contributed by atoms with van der Waals surface area (Å²) in [7, 11) is 1.74. The number of nitrogens with zero attached hydrogens (tertiary/aromatic N) is 2. The SMILES string of the molecule is CNc1cncc(NC(C)C(N)=O)n1. The van der Waals surface area contributed by atoms with E-state index in [0.29, 0.717) is 11.6 Å². The maximum Gasteiger partial charge on any atom is 0.239 e. The van der Waals surface area contributed by atoms with E-state index >= 15 is 0 Å². The van der Waals surface area contributed by atoms with E-state index in [1.807, 2.05) is 0 Å². The molecule has 0 fully saturated rings. The second-order valence-corrected chi connectivity index (χ2v) is 2.81. The molecule has 0 aromatic carbocycles. The van der Waals surface area contributed by atoms with Crippen LogP contribution in [0.4, 0.5) is 11.6 Å². The molecule has 14 heavy (non-hydrogen) atoms. The predicted octanol–water partition coefficient (Wildman–Crippen LogP) is -0.196. The van der Waals surface area contributed by atoms with Crippen molar-refractivity contribution in [2.45, 2.75) is 13.0 Å². The lowest BCUT2D eigenvalue weighted by atomic mass is 10.3. The third kappa shape index (κ3) is 2.58. The second-order valence-electron chi connectivity index (χ2n) is 2.81. The van der Waals surface area contributed by atoms with Gasteiger partial charge in [0, 0.05) is 7.05 Å². The van der Waals surface area contributed by atoms with E-state index in [1.165, 1.54) is 6.20 Å². The van der Waals surface area contributed by atoms with Crippen LogP contribution in [0.5, 0.6) is 0 Å². The van der Waals surface area contributed by atoms with E-state index in [0.717, 1.165) is 0 Å². The minimum Gasteiger partial charge on any atom is -0.372 e. The Morgan fingerprint density at radius 1 is 1.50 bits per heavy atom. The number of primary amides is 1. The van der Waals surface area contributed by atoms with Gasteiger partial charge in [-0.15, -0.1) is 0 Å². The largest absolute Gasteiger partial charge is 0.372 e. The first-order valence-corrected chi connectivity index (χ1v) is 4.19. The standard InChI is InChI=1S/C8H13N5O/c1-5(8(9)14)12-7-4-11-3-6(10-2)13-7/h3-5H,1-2H3,(H2,9,14)(H2,10,12,13). The van der Waals surface area contributed by atoms with Crippen molar-refractivity contribution in [3.05, 3.63) is 12.4 Å². The van der Waals surface area contributed by atoms with Gasteiger partial charge in [-0.05, 0) is 6.92 Å². The fourth-order valence-corrected chi connectivity index (χ4v) is 0.849. The molecule has 76 valence electrons. The Labute approximate surface area is 81.9 Å². The predicted molar refractivity (Wildman–Crippen MR) is 53.9 cm³/mol. The quantitative estimate of drug-likeness (QED) is 0.619. The number of hydrogen-bond donors (Lipinski definition) is 3. The normalized spacial score (nSPS) is 11.9. The Hall–Kier alpha value is -1.85. The van der Waals surface area contributed by atoms with Gasteiger partial charge in [-0.25, -0.2) is 4.98 Å². The Bertz CT molecular complexity index is 327. The van der Waals surface area contributed by atoms with Crippen LogP contribution in [-0.2, 0) is 4.79 Å². The fourth-order valence-electron chi connectivity index (χ4n) is 0.849. The number of rotatable bonds is 4. The number of hydrogen-bond acceptors (Lipinski definition) is 5. The lowest BCUT2D eigenvalue weighted by molar-refractivity contribution is -0.118. The fraction of sp³-hybridized carbons (Fsp3) is 0.375. The average molecular weight is 195 g/mol. The average Bonchev–Trinajstić information content (AvgIpc) is 2.18. The zero-order chi connectivity index (χ0) is 10.6. The van der Waals surface area contributed by atoms with Crippen LogP contribution in [0.2, 0.25) is 0 Å². The molecule has 1 amide bonds. The molecule has 0 bridgehead atoms. The van der Waals surface area contributed by atoms with E-state index in [4.69, 9.17) is 5.73 Å². The summed E-state index contributed by atoms with van der Waals surface area (Å²) in [4.78, 5) is 18.8. The van der Waals surface area contributed by atoms with Crippen LogP contribution >= 0.6 is 0 Å². The number of aromatic nitrogens is 2. The maximum absolute atomic E-state index is 10.8. The Balaban J connectivity index is 2.71. The van der Waals surface area contributed by atoms with Gasteiger partial charge in [-0.3, -0.25) is 9.78 Å². The molecule has 4 N–H and O–H groups in total. The van der Waals surface area contributed by atoms with Gasteiger partial charge in [0.25, 0.3) is 0 Å². The molecule has 1 rings (SSSR count). The van der Waals surface area contributed by atoms with Crippen molar-refractivity contribution in [3.8, 4) is 0 Å². The maximum atomic E-state index is 10.8. The van der Waals surface area contributed by atoms with Crippen molar-refractivity contribution in [1.29, 1.82) is 0 Å². The van der Waals surface area contributed by atoms with E-state index in [-0.39, 0.29) is 0 Å². The van der Waals surface area contributed by atoms with Gasteiger partial charge in [-0.2, -0.15) is 0 Å². The molecule has 0 aliphatic carbocycles. The van der Waals surface area contributed by atoms with Crippen molar-refractivity contribution >= 4 is 17.5 Å². The molecule has 0 radical (unpaired) electrons. The first-order chi connectivity index (χ1) is 6.63. The molecule has 0 saturated carbocycles. The lowest BCUT2D eigenvalue weighted by Gasteiger charge is -2.10. The van der Waals surface area contributed by atoms with E-state index < -0.39 is 11.9 Å². The smallest absolute Gasteiger partial charge is 0.239 e. The molecule has 1 unspecified atom stereocenters. The van der Waals surface area contributed by atoms with Crippen LogP contribution < -0.4 is 16.4 Å². The van der Waals surface area contributed by atoms with Crippen molar-refractivity contribution in [3.63, 3.8) is 0 Å². The highest BCUT2D eigenvalue weighted by Crippen LogP contribution is 2.06.